The van der Waals surface area contributed by atoms with Gasteiger partial charge in [0.25, 0.3) is 0 Å². The maximum atomic E-state index is 9.90. The van der Waals surface area contributed by atoms with E-state index in [4.69, 9.17) is 46.0 Å². The van der Waals surface area contributed by atoms with Crippen molar-refractivity contribution in [2.45, 2.75) is 55.8 Å². The Hall–Kier alpha value is -1.02. The third kappa shape index (κ3) is 9.00. The Balaban J connectivity index is 0. The summed E-state index contributed by atoms with van der Waals surface area (Å²) in [6, 6.07) is 0. The van der Waals surface area contributed by atoms with Gasteiger partial charge in [-0.15, -0.1) is 0 Å². The second-order valence-corrected chi connectivity index (χ2v) is 4.71. The molecule has 23 heavy (non-hydrogen) atoms. The summed E-state index contributed by atoms with van der Waals surface area (Å²) < 4.78 is 0. The molecule has 0 aliphatic rings. The highest BCUT2D eigenvalue weighted by atomic mass is 16.4. The third-order valence-electron chi connectivity index (χ3n) is 2.75. The van der Waals surface area contributed by atoms with Crippen LogP contribution in [-0.4, -0.2) is 114 Å². The lowest BCUT2D eigenvalue weighted by atomic mass is 10.0. The van der Waals surface area contributed by atoms with Gasteiger partial charge in [-0.1, -0.05) is 0 Å². The van der Waals surface area contributed by atoms with E-state index in [0.29, 0.717) is 0 Å². The summed E-state index contributed by atoms with van der Waals surface area (Å²) in [6.07, 6.45) is -12.7. The first-order valence-corrected chi connectivity index (χ1v) is 6.51. The average molecular weight is 344 g/mol. The van der Waals surface area contributed by atoms with Gasteiger partial charge in [0.15, 0.2) is 12.6 Å². The highest BCUT2D eigenvalue weighted by molar-refractivity contribution is 5.57. The Morgan fingerprint density at radius 3 is 1.30 bits per heavy atom. The fraction of sp³-hybridized carbons (Fsp3) is 0.833. The van der Waals surface area contributed by atoms with E-state index in [1.165, 1.54) is 6.92 Å². The van der Waals surface area contributed by atoms with Gasteiger partial charge in [-0.2, -0.15) is 0 Å². The lowest BCUT2D eigenvalue weighted by Gasteiger charge is -2.22. The number of aldehydes is 2. The predicted octanol–water partition coefficient (Wildman–Crippen LogP) is -5.73. The Labute approximate surface area is 131 Å². The smallest absolute Gasteiger partial charge is 0.151 e. The summed E-state index contributed by atoms with van der Waals surface area (Å²) in [6.45, 7) is 0.481. The van der Waals surface area contributed by atoms with E-state index in [9.17, 15) is 9.59 Å². The first kappa shape index (κ1) is 24.2. The van der Waals surface area contributed by atoms with Crippen molar-refractivity contribution in [2.24, 2.45) is 0 Å². The summed E-state index contributed by atoms with van der Waals surface area (Å²) in [5, 5.41) is 78.6. The molecule has 0 aromatic rings. The summed E-state index contributed by atoms with van der Waals surface area (Å²) in [4.78, 5) is 19.8. The summed E-state index contributed by atoms with van der Waals surface area (Å²) in [7, 11) is 0. The minimum atomic E-state index is -1.79. The molecule has 0 radical (unpaired) electrons. The van der Waals surface area contributed by atoms with Crippen molar-refractivity contribution in [3.8, 4) is 0 Å². The molecule has 0 rings (SSSR count). The monoisotopic (exact) mass is 344 g/mol. The molecule has 8 atom stereocenters. The van der Waals surface area contributed by atoms with Crippen molar-refractivity contribution in [3.05, 3.63) is 0 Å². The van der Waals surface area contributed by atoms with Crippen LogP contribution in [0.15, 0.2) is 0 Å². The van der Waals surface area contributed by atoms with Gasteiger partial charge in [0, 0.05) is 0 Å². The Morgan fingerprint density at radius 2 is 1.04 bits per heavy atom. The fourth-order valence-corrected chi connectivity index (χ4v) is 1.19. The number of carbonyl (C=O) groups is 2. The van der Waals surface area contributed by atoms with Crippen molar-refractivity contribution in [3.63, 3.8) is 0 Å². The number of rotatable bonds is 9. The zero-order valence-corrected chi connectivity index (χ0v) is 12.3. The van der Waals surface area contributed by atoms with Crippen molar-refractivity contribution in [1.82, 2.24) is 0 Å². The van der Waals surface area contributed by atoms with Crippen LogP contribution in [-0.2, 0) is 9.59 Å². The topological polar surface area (TPSA) is 216 Å². The highest BCUT2D eigenvalue weighted by Crippen LogP contribution is 2.03. The molecule has 0 spiro atoms. The number of carbonyl (C=O) groups excluding carboxylic acids is 2. The highest BCUT2D eigenvalue weighted by Gasteiger charge is 2.29. The molecule has 0 aliphatic carbocycles. The molecule has 0 aliphatic heterocycles. The SMILES string of the molecule is C[C@H](O)[C@@H](O)[C@@H](O)[C@H](O)C=O.O=C[C@H](O)[C@@H](O)[C@@H](O)[C@H](O)CO. The van der Waals surface area contributed by atoms with Crippen molar-refractivity contribution in [1.29, 1.82) is 0 Å². The van der Waals surface area contributed by atoms with Crippen LogP contribution in [0, 0.1) is 0 Å². The molecule has 11 heteroatoms. The van der Waals surface area contributed by atoms with E-state index < -0.39 is 55.4 Å². The normalized spacial score (nSPS) is 21.5. The molecule has 0 fully saturated rings. The van der Waals surface area contributed by atoms with Gasteiger partial charge in [0.1, 0.15) is 42.7 Å². The molecule has 138 valence electrons. The van der Waals surface area contributed by atoms with Gasteiger partial charge in [-0.3, -0.25) is 0 Å². The van der Waals surface area contributed by atoms with E-state index in [0.717, 1.165) is 0 Å². The molecule has 0 saturated carbocycles. The molecular weight excluding hydrogens is 320 g/mol. The van der Waals surface area contributed by atoms with Crippen LogP contribution in [0.3, 0.4) is 0 Å². The lowest BCUT2D eigenvalue weighted by Crippen LogP contribution is -2.46. The molecule has 11 nitrogen and oxygen atoms in total. The second-order valence-electron chi connectivity index (χ2n) is 4.71. The molecule has 0 saturated heterocycles. The van der Waals surface area contributed by atoms with Crippen LogP contribution in [0.4, 0.5) is 0 Å². The van der Waals surface area contributed by atoms with Gasteiger partial charge in [-0.25, -0.2) is 0 Å². The van der Waals surface area contributed by atoms with Crippen LogP contribution in [0.2, 0.25) is 0 Å². The second kappa shape index (κ2) is 12.4. The quantitative estimate of drug-likeness (QED) is 0.179. The predicted molar refractivity (Wildman–Crippen MR) is 72.9 cm³/mol. The summed E-state index contributed by atoms with van der Waals surface area (Å²) >= 11 is 0. The number of hydrogen-bond donors (Lipinski definition) is 9. The fourth-order valence-electron chi connectivity index (χ4n) is 1.19. The minimum absolute atomic E-state index is 0.0258. The van der Waals surface area contributed by atoms with Crippen LogP contribution in [0.1, 0.15) is 6.92 Å². The zero-order valence-electron chi connectivity index (χ0n) is 12.3. The maximum Gasteiger partial charge on any atom is 0.151 e. The number of hydrogen-bond acceptors (Lipinski definition) is 11. The van der Waals surface area contributed by atoms with E-state index in [1.807, 2.05) is 0 Å². The Bertz CT molecular complexity index is 324. The van der Waals surface area contributed by atoms with Crippen LogP contribution in [0.25, 0.3) is 0 Å². The van der Waals surface area contributed by atoms with Crippen LogP contribution < -0.4 is 0 Å². The first-order valence-electron chi connectivity index (χ1n) is 6.51. The van der Waals surface area contributed by atoms with Crippen LogP contribution >= 0.6 is 0 Å². The Kier molecular flexibility index (Phi) is 13.1. The molecule has 0 amide bonds. The summed E-state index contributed by atoms with van der Waals surface area (Å²) in [5.74, 6) is 0. The third-order valence-corrected chi connectivity index (χ3v) is 2.75. The maximum absolute atomic E-state index is 9.90. The number of aliphatic hydroxyl groups is 9. The molecular formula is C12H24O11. The summed E-state index contributed by atoms with van der Waals surface area (Å²) in [5.41, 5.74) is 0. The molecule has 0 bridgehead atoms. The largest absolute Gasteiger partial charge is 0.394 e. The van der Waals surface area contributed by atoms with Gasteiger partial charge in [0.2, 0.25) is 0 Å². The van der Waals surface area contributed by atoms with Gasteiger partial charge < -0.3 is 55.5 Å². The minimum Gasteiger partial charge on any atom is -0.394 e. The van der Waals surface area contributed by atoms with Gasteiger partial charge in [-0.05, 0) is 6.92 Å². The zero-order chi connectivity index (χ0) is 18.7. The lowest BCUT2D eigenvalue weighted by molar-refractivity contribution is -0.136. The van der Waals surface area contributed by atoms with Gasteiger partial charge >= 0.3 is 0 Å². The van der Waals surface area contributed by atoms with E-state index in [2.05, 4.69) is 0 Å². The van der Waals surface area contributed by atoms with Crippen molar-refractivity contribution in [2.75, 3.05) is 6.61 Å². The van der Waals surface area contributed by atoms with Crippen molar-refractivity contribution < 1.29 is 55.5 Å². The molecule has 9 N–H and O–H groups in total. The molecule has 0 aromatic heterocycles. The van der Waals surface area contributed by atoms with Crippen molar-refractivity contribution >= 4 is 12.6 Å². The van der Waals surface area contributed by atoms with E-state index in [-0.39, 0.29) is 12.6 Å². The molecule has 0 aromatic carbocycles. The first-order chi connectivity index (χ1) is 10.5. The number of aliphatic hydroxyl groups excluding tert-OH is 9. The molecule has 0 heterocycles. The van der Waals surface area contributed by atoms with E-state index in [1.54, 1.807) is 0 Å². The van der Waals surface area contributed by atoms with E-state index >= 15 is 0 Å². The molecule has 0 unspecified atom stereocenters. The van der Waals surface area contributed by atoms with Gasteiger partial charge in [0.05, 0.1) is 12.7 Å². The standard InChI is InChI=1S/C6H12O6.C6H12O5/c7-1-3(9)5(11)6(12)4(10)2-8;1-3(8)5(10)6(11)4(9)2-7/h1,3-6,8-12H,2H2;2-6,8-11H,1H3/t2*3-,4+,5+,6-/m00/s1. The Morgan fingerprint density at radius 1 is 0.696 bits per heavy atom. The average Bonchev–Trinajstić information content (AvgIpc) is 2.56. The van der Waals surface area contributed by atoms with Crippen LogP contribution in [0.5, 0.6) is 0 Å².